The molecule has 0 radical (unpaired) electrons. The summed E-state index contributed by atoms with van der Waals surface area (Å²) in [6.45, 7) is 6.69. The van der Waals surface area contributed by atoms with E-state index in [1.807, 2.05) is 12.1 Å². The van der Waals surface area contributed by atoms with E-state index < -0.39 is 0 Å². The van der Waals surface area contributed by atoms with Crippen molar-refractivity contribution in [2.24, 2.45) is 11.7 Å². The van der Waals surface area contributed by atoms with Crippen molar-refractivity contribution in [2.45, 2.75) is 32.4 Å². The van der Waals surface area contributed by atoms with Gasteiger partial charge in [0.1, 0.15) is 5.75 Å². The van der Waals surface area contributed by atoms with Gasteiger partial charge in [-0.3, -0.25) is 4.90 Å². The summed E-state index contributed by atoms with van der Waals surface area (Å²) in [5, 5.41) is 0. The van der Waals surface area contributed by atoms with E-state index in [1.165, 1.54) is 12.0 Å². The summed E-state index contributed by atoms with van der Waals surface area (Å²) in [4.78, 5) is 2.50. The Labute approximate surface area is 110 Å². The zero-order valence-corrected chi connectivity index (χ0v) is 11.6. The smallest absolute Gasteiger partial charge is 0.119 e. The van der Waals surface area contributed by atoms with Crippen LogP contribution in [0.5, 0.6) is 5.75 Å². The molecule has 1 aromatic rings. The van der Waals surface area contributed by atoms with Crippen LogP contribution < -0.4 is 10.5 Å². The highest BCUT2D eigenvalue weighted by atomic mass is 16.5. The lowest BCUT2D eigenvalue weighted by atomic mass is 9.99. The molecule has 18 heavy (non-hydrogen) atoms. The summed E-state index contributed by atoms with van der Waals surface area (Å²) in [6.07, 6.45) is 1.27. The highest BCUT2D eigenvalue weighted by molar-refractivity contribution is 5.31. The van der Waals surface area contributed by atoms with Crippen LogP contribution in [-0.2, 0) is 0 Å². The molecule has 2 rings (SSSR count). The molecule has 3 heteroatoms. The predicted octanol–water partition coefficient (Wildman–Crippen LogP) is 2.43. The number of likely N-dealkylation sites (tertiary alicyclic amines) is 1. The molecule has 1 aliphatic heterocycles. The molecule has 1 saturated heterocycles. The van der Waals surface area contributed by atoms with Gasteiger partial charge in [0.05, 0.1) is 7.11 Å². The third kappa shape index (κ3) is 2.85. The summed E-state index contributed by atoms with van der Waals surface area (Å²) in [5.74, 6) is 1.68. The van der Waals surface area contributed by atoms with E-state index in [4.69, 9.17) is 10.5 Å². The summed E-state index contributed by atoms with van der Waals surface area (Å²) in [5.41, 5.74) is 7.47. The van der Waals surface area contributed by atoms with Gasteiger partial charge in [-0.05, 0) is 43.5 Å². The SMILES string of the molecule is COc1cccc(C(C(C)N)N2CCC(C)C2)c1. The number of benzene rings is 1. The van der Waals surface area contributed by atoms with Crippen molar-refractivity contribution in [3.05, 3.63) is 29.8 Å². The fourth-order valence-corrected chi connectivity index (χ4v) is 2.89. The molecule has 0 bridgehead atoms. The highest BCUT2D eigenvalue weighted by Gasteiger charge is 2.29. The Morgan fingerprint density at radius 1 is 1.44 bits per heavy atom. The van der Waals surface area contributed by atoms with Gasteiger partial charge in [0, 0.05) is 18.6 Å². The standard InChI is InChI=1S/C15H24N2O/c1-11-7-8-17(10-11)15(12(2)16)13-5-4-6-14(9-13)18-3/h4-6,9,11-12,15H,7-8,10,16H2,1-3H3. The van der Waals surface area contributed by atoms with Crippen molar-refractivity contribution in [1.29, 1.82) is 0 Å². The maximum atomic E-state index is 6.20. The molecule has 3 atom stereocenters. The second kappa shape index (κ2) is 5.72. The molecule has 1 fully saturated rings. The first-order valence-electron chi connectivity index (χ1n) is 6.75. The largest absolute Gasteiger partial charge is 0.497 e. The molecule has 3 unspecified atom stereocenters. The molecule has 0 aromatic heterocycles. The second-order valence-corrected chi connectivity index (χ2v) is 5.47. The molecule has 1 aromatic carbocycles. The Morgan fingerprint density at radius 2 is 2.22 bits per heavy atom. The number of methoxy groups -OCH3 is 1. The van der Waals surface area contributed by atoms with Crippen molar-refractivity contribution in [3.8, 4) is 5.75 Å². The normalized spacial score (nSPS) is 23.9. The Hall–Kier alpha value is -1.06. The maximum absolute atomic E-state index is 6.20. The van der Waals surface area contributed by atoms with Crippen LogP contribution in [0, 0.1) is 5.92 Å². The van der Waals surface area contributed by atoms with Gasteiger partial charge in [0.25, 0.3) is 0 Å². The monoisotopic (exact) mass is 248 g/mol. The number of ether oxygens (including phenoxy) is 1. The molecule has 0 saturated carbocycles. The van der Waals surface area contributed by atoms with Gasteiger partial charge in [-0.1, -0.05) is 19.1 Å². The van der Waals surface area contributed by atoms with Crippen LogP contribution in [0.2, 0.25) is 0 Å². The first-order chi connectivity index (χ1) is 8.61. The minimum absolute atomic E-state index is 0.127. The quantitative estimate of drug-likeness (QED) is 0.889. The highest BCUT2D eigenvalue weighted by Crippen LogP contribution is 2.31. The average molecular weight is 248 g/mol. The van der Waals surface area contributed by atoms with Gasteiger partial charge >= 0.3 is 0 Å². The van der Waals surface area contributed by atoms with Crippen LogP contribution in [-0.4, -0.2) is 31.1 Å². The van der Waals surface area contributed by atoms with Crippen LogP contribution in [0.25, 0.3) is 0 Å². The van der Waals surface area contributed by atoms with Crippen LogP contribution in [0.4, 0.5) is 0 Å². The topological polar surface area (TPSA) is 38.5 Å². The van der Waals surface area contributed by atoms with Gasteiger partial charge in [-0.25, -0.2) is 0 Å². The Kier molecular flexibility index (Phi) is 4.25. The van der Waals surface area contributed by atoms with Gasteiger partial charge in [0.2, 0.25) is 0 Å². The van der Waals surface area contributed by atoms with Crippen LogP contribution >= 0.6 is 0 Å². The summed E-state index contributed by atoms with van der Waals surface area (Å²) < 4.78 is 5.31. The molecule has 0 aliphatic carbocycles. The van der Waals surface area contributed by atoms with E-state index in [-0.39, 0.29) is 6.04 Å². The Bertz CT molecular complexity index is 392. The molecule has 1 heterocycles. The van der Waals surface area contributed by atoms with Crippen molar-refractivity contribution < 1.29 is 4.74 Å². The maximum Gasteiger partial charge on any atom is 0.119 e. The number of rotatable bonds is 4. The van der Waals surface area contributed by atoms with E-state index >= 15 is 0 Å². The summed E-state index contributed by atoms with van der Waals surface area (Å²) in [7, 11) is 1.71. The lowest BCUT2D eigenvalue weighted by Gasteiger charge is -2.31. The zero-order chi connectivity index (χ0) is 13.1. The minimum atomic E-state index is 0.127. The van der Waals surface area contributed by atoms with Gasteiger partial charge < -0.3 is 10.5 Å². The van der Waals surface area contributed by atoms with Crippen molar-refractivity contribution in [3.63, 3.8) is 0 Å². The molecular formula is C15H24N2O. The fraction of sp³-hybridized carbons (Fsp3) is 0.600. The Balaban J connectivity index is 2.23. The molecule has 0 spiro atoms. The molecule has 2 N–H and O–H groups in total. The van der Waals surface area contributed by atoms with E-state index in [0.29, 0.717) is 6.04 Å². The van der Waals surface area contributed by atoms with Gasteiger partial charge in [-0.15, -0.1) is 0 Å². The van der Waals surface area contributed by atoms with Crippen molar-refractivity contribution in [1.82, 2.24) is 4.90 Å². The van der Waals surface area contributed by atoms with Gasteiger partial charge in [-0.2, -0.15) is 0 Å². The third-order valence-electron chi connectivity index (χ3n) is 3.78. The van der Waals surface area contributed by atoms with Gasteiger partial charge in [0.15, 0.2) is 0 Å². The van der Waals surface area contributed by atoms with Crippen LogP contribution in [0.3, 0.4) is 0 Å². The van der Waals surface area contributed by atoms with E-state index in [0.717, 1.165) is 24.8 Å². The minimum Gasteiger partial charge on any atom is -0.497 e. The molecule has 100 valence electrons. The number of hydrogen-bond acceptors (Lipinski definition) is 3. The van der Waals surface area contributed by atoms with Crippen molar-refractivity contribution in [2.75, 3.05) is 20.2 Å². The first kappa shape index (κ1) is 13.4. The second-order valence-electron chi connectivity index (χ2n) is 5.47. The van der Waals surface area contributed by atoms with E-state index in [2.05, 4.69) is 30.9 Å². The zero-order valence-electron chi connectivity index (χ0n) is 11.6. The molecule has 3 nitrogen and oxygen atoms in total. The number of nitrogens with two attached hydrogens (primary N) is 1. The Morgan fingerprint density at radius 3 is 2.78 bits per heavy atom. The van der Waals surface area contributed by atoms with Crippen molar-refractivity contribution >= 4 is 0 Å². The van der Waals surface area contributed by atoms with Crippen LogP contribution in [0.15, 0.2) is 24.3 Å². The average Bonchev–Trinajstić information content (AvgIpc) is 2.75. The lowest BCUT2D eigenvalue weighted by molar-refractivity contribution is 0.212. The summed E-state index contributed by atoms with van der Waals surface area (Å²) in [6, 6.07) is 8.71. The molecular weight excluding hydrogens is 224 g/mol. The van der Waals surface area contributed by atoms with Crippen LogP contribution in [0.1, 0.15) is 31.9 Å². The summed E-state index contributed by atoms with van der Waals surface area (Å²) >= 11 is 0. The fourth-order valence-electron chi connectivity index (χ4n) is 2.89. The molecule has 1 aliphatic rings. The predicted molar refractivity (Wildman–Crippen MR) is 74.7 cm³/mol. The first-order valence-corrected chi connectivity index (χ1v) is 6.75. The molecule has 0 amide bonds. The number of nitrogens with zero attached hydrogens (tertiary/aromatic N) is 1. The number of hydrogen-bond donors (Lipinski definition) is 1. The van der Waals surface area contributed by atoms with E-state index in [1.54, 1.807) is 7.11 Å². The van der Waals surface area contributed by atoms with E-state index in [9.17, 15) is 0 Å². The lowest BCUT2D eigenvalue weighted by Crippen LogP contribution is -2.38. The third-order valence-corrected chi connectivity index (χ3v) is 3.78.